The third-order valence-corrected chi connectivity index (χ3v) is 4.04. The molecule has 0 saturated carbocycles. The molecule has 21 heavy (non-hydrogen) atoms. The van der Waals surface area contributed by atoms with E-state index < -0.39 is 0 Å². The van der Waals surface area contributed by atoms with E-state index >= 15 is 0 Å². The van der Waals surface area contributed by atoms with Crippen LogP contribution in [0.3, 0.4) is 0 Å². The summed E-state index contributed by atoms with van der Waals surface area (Å²) in [5, 5.41) is 9.97. The minimum atomic E-state index is 0. The van der Waals surface area contributed by atoms with Crippen molar-refractivity contribution in [1.29, 1.82) is 5.26 Å². The number of benzene rings is 2. The zero-order valence-electron chi connectivity index (χ0n) is 11.5. The van der Waals surface area contributed by atoms with Gasteiger partial charge in [-0.2, -0.15) is 5.26 Å². The molecule has 0 fully saturated rings. The Labute approximate surface area is 133 Å². The molecule has 0 amide bonds. The molecule has 5 heteroatoms. The number of aryl methyl sites for hydroxylation is 1. The number of aromatic nitrogens is 2. The minimum absolute atomic E-state index is 0. The lowest BCUT2D eigenvalue weighted by Crippen LogP contribution is -1.87. The van der Waals surface area contributed by atoms with Crippen molar-refractivity contribution in [2.24, 2.45) is 0 Å². The van der Waals surface area contributed by atoms with Crippen molar-refractivity contribution in [1.82, 2.24) is 9.97 Å². The van der Waals surface area contributed by atoms with Gasteiger partial charge in [-0.15, -0.1) is 12.4 Å². The third kappa shape index (κ3) is 3.38. The van der Waals surface area contributed by atoms with Gasteiger partial charge in [0.2, 0.25) is 0 Å². The van der Waals surface area contributed by atoms with Crippen LogP contribution >= 0.6 is 24.2 Å². The quantitative estimate of drug-likeness (QED) is 0.726. The van der Waals surface area contributed by atoms with Gasteiger partial charge in [-0.1, -0.05) is 36.0 Å². The lowest BCUT2D eigenvalue weighted by atomic mass is 10.1. The summed E-state index contributed by atoms with van der Waals surface area (Å²) in [5.41, 5.74) is 5.02. The number of aromatic amines is 1. The third-order valence-electron chi connectivity index (χ3n) is 3.12. The van der Waals surface area contributed by atoms with Crippen molar-refractivity contribution in [3.8, 4) is 6.07 Å². The molecule has 3 aromatic rings. The summed E-state index contributed by atoms with van der Waals surface area (Å²) in [5.74, 6) is 0.739. The number of thioether (sulfide) groups is 1. The summed E-state index contributed by atoms with van der Waals surface area (Å²) >= 11 is 1.62. The Balaban J connectivity index is 0.00000161. The molecule has 0 atom stereocenters. The lowest BCUT2D eigenvalue weighted by molar-refractivity contribution is 1.08. The molecule has 0 spiro atoms. The second-order valence-corrected chi connectivity index (χ2v) is 5.58. The van der Waals surface area contributed by atoms with Crippen molar-refractivity contribution in [2.75, 3.05) is 0 Å². The molecule has 1 heterocycles. The maximum absolute atomic E-state index is 9.08. The highest BCUT2D eigenvalue weighted by Crippen LogP contribution is 2.24. The molecular weight excluding hydrogens is 302 g/mol. The maximum Gasteiger partial charge on any atom is 0.166 e. The first kappa shape index (κ1) is 15.4. The molecule has 0 aliphatic carbocycles. The van der Waals surface area contributed by atoms with Gasteiger partial charge in [0.25, 0.3) is 0 Å². The van der Waals surface area contributed by atoms with Crippen LogP contribution in [0, 0.1) is 18.3 Å². The van der Waals surface area contributed by atoms with Gasteiger partial charge >= 0.3 is 0 Å². The van der Waals surface area contributed by atoms with Crippen LogP contribution in [0.15, 0.2) is 47.6 Å². The summed E-state index contributed by atoms with van der Waals surface area (Å²) < 4.78 is 0. The number of nitrogens with zero attached hydrogens (tertiary/aromatic N) is 2. The number of hydrogen-bond acceptors (Lipinski definition) is 3. The molecular formula is C16H14ClN3S. The van der Waals surface area contributed by atoms with Gasteiger partial charge in [0.1, 0.15) is 0 Å². The summed E-state index contributed by atoms with van der Waals surface area (Å²) in [4.78, 5) is 7.86. The van der Waals surface area contributed by atoms with E-state index in [1.807, 2.05) is 30.3 Å². The minimum Gasteiger partial charge on any atom is -0.333 e. The highest BCUT2D eigenvalue weighted by Gasteiger charge is 2.06. The topological polar surface area (TPSA) is 52.5 Å². The van der Waals surface area contributed by atoms with Crippen LogP contribution in [0.25, 0.3) is 11.0 Å². The van der Waals surface area contributed by atoms with Gasteiger partial charge < -0.3 is 4.98 Å². The number of imidazole rings is 1. The van der Waals surface area contributed by atoms with Gasteiger partial charge in [-0.25, -0.2) is 4.98 Å². The standard InChI is InChI=1S/C16H13N3S.ClH/c1-11-6-7-14-15(8-11)19-16(18-14)20-10-13-5-3-2-4-12(13)9-17;/h2-8H,10H2,1H3,(H,18,19);1H. The fourth-order valence-electron chi connectivity index (χ4n) is 2.07. The molecule has 0 unspecified atom stereocenters. The van der Waals surface area contributed by atoms with E-state index in [1.165, 1.54) is 5.56 Å². The van der Waals surface area contributed by atoms with Crippen LogP contribution < -0.4 is 0 Å². The van der Waals surface area contributed by atoms with E-state index in [0.29, 0.717) is 0 Å². The van der Waals surface area contributed by atoms with Gasteiger partial charge in [-0.05, 0) is 36.2 Å². The molecule has 0 aliphatic heterocycles. The molecule has 3 nitrogen and oxygen atoms in total. The molecule has 1 N–H and O–H groups in total. The molecule has 0 saturated heterocycles. The molecule has 0 aliphatic rings. The number of nitriles is 1. The molecule has 2 aromatic carbocycles. The second-order valence-electron chi connectivity index (χ2n) is 4.62. The van der Waals surface area contributed by atoms with Crippen LogP contribution in [0.4, 0.5) is 0 Å². The van der Waals surface area contributed by atoms with E-state index in [0.717, 1.165) is 33.1 Å². The Morgan fingerprint density at radius 3 is 2.86 bits per heavy atom. The van der Waals surface area contributed by atoms with Crippen molar-refractivity contribution in [3.05, 3.63) is 59.2 Å². The zero-order valence-corrected chi connectivity index (χ0v) is 13.1. The number of nitrogens with one attached hydrogen (secondary N) is 1. The number of fused-ring (bicyclic) bond motifs is 1. The Morgan fingerprint density at radius 2 is 2.05 bits per heavy atom. The van der Waals surface area contributed by atoms with Crippen molar-refractivity contribution < 1.29 is 0 Å². The molecule has 1 aromatic heterocycles. The van der Waals surface area contributed by atoms with Gasteiger partial charge in [0, 0.05) is 5.75 Å². The molecule has 3 rings (SSSR count). The lowest BCUT2D eigenvalue weighted by Gasteiger charge is -2.01. The fraction of sp³-hybridized carbons (Fsp3) is 0.125. The average Bonchev–Trinajstić information content (AvgIpc) is 2.87. The Kier molecular flexibility index (Phi) is 4.89. The van der Waals surface area contributed by atoms with Crippen LogP contribution in [0.2, 0.25) is 0 Å². The monoisotopic (exact) mass is 315 g/mol. The number of hydrogen-bond donors (Lipinski definition) is 1. The first-order valence-electron chi connectivity index (χ1n) is 6.33. The smallest absolute Gasteiger partial charge is 0.166 e. The Bertz CT molecular complexity index is 805. The largest absolute Gasteiger partial charge is 0.333 e. The molecule has 0 radical (unpaired) electrons. The van der Waals surface area contributed by atoms with Crippen LogP contribution in [0.5, 0.6) is 0 Å². The second kappa shape index (κ2) is 6.66. The zero-order chi connectivity index (χ0) is 13.9. The van der Waals surface area contributed by atoms with E-state index in [1.54, 1.807) is 11.8 Å². The van der Waals surface area contributed by atoms with Gasteiger partial charge in [0.05, 0.1) is 22.7 Å². The Morgan fingerprint density at radius 1 is 1.24 bits per heavy atom. The first-order valence-corrected chi connectivity index (χ1v) is 7.32. The van der Waals surface area contributed by atoms with Crippen molar-refractivity contribution in [3.63, 3.8) is 0 Å². The van der Waals surface area contributed by atoms with E-state index in [-0.39, 0.29) is 12.4 Å². The van der Waals surface area contributed by atoms with Crippen LogP contribution in [-0.4, -0.2) is 9.97 Å². The van der Waals surface area contributed by atoms with Gasteiger partial charge in [0.15, 0.2) is 5.16 Å². The average molecular weight is 316 g/mol. The predicted molar refractivity (Wildman–Crippen MR) is 88.8 cm³/mol. The normalized spacial score (nSPS) is 10.1. The summed E-state index contributed by atoms with van der Waals surface area (Å²) in [7, 11) is 0. The van der Waals surface area contributed by atoms with Crippen molar-refractivity contribution >= 4 is 35.2 Å². The molecule has 0 bridgehead atoms. The fourth-order valence-corrected chi connectivity index (χ4v) is 2.96. The highest BCUT2D eigenvalue weighted by atomic mass is 35.5. The molecule has 106 valence electrons. The summed E-state index contributed by atoms with van der Waals surface area (Å²) in [6.45, 7) is 2.07. The van der Waals surface area contributed by atoms with Gasteiger partial charge in [-0.3, -0.25) is 0 Å². The number of H-pyrrole nitrogens is 1. The summed E-state index contributed by atoms with van der Waals surface area (Å²) in [6.07, 6.45) is 0. The summed E-state index contributed by atoms with van der Waals surface area (Å²) in [6, 6.07) is 16.1. The maximum atomic E-state index is 9.08. The van der Waals surface area contributed by atoms with E-state index in [9.17, 15) is 0 Å². The SMILES string of the molecule is Cc1ccc2nc(SCc3ccccc3C#N)[nH]c2c1.Cl. The van der Waals surface area contributed by atoms with E-state index in [4.69, 9.17) is 5.26 Å². The Hall–Kier alpha value is -1.96. The first-order chi connectivity index (χ1) is 9.76. The number of rotatable bonds is 3. The van der Waals surface area contributed by atoms with Crippen molar-refractivity contribution in [2.45, 2.75) is 17.8 Å². The van der Waals surface area contributed by atoms with Crippen LogP contribution in [-0.2, 0) is 5.75 Å². The van der Waals surface area contributed by atoms with E-state index in [2.05, 4.69) is 35.1 Å². The number of halogens is 1. The van der Waals surface area contributed by atoms with Crippen LogP contribution in [0.1, 0.15) is 16.7 Å². The predicted octanol–water partition coefficient (Wildman–Crippen LogP) is 4.46. The highest BCUT2D eigenvalue weighted by molar-refractivity contribution is 7.98.